The summed E-state index contributed by atoms with van der Waals surface area (Å²) in [7, 11) is 0. The zero-order valence-corrected chi connectivity index (χ0v) is 17.7. The third kappa shape index (κ3) is 5.32. The molecular weight excluding hydrogens is 455 g/mol. The van der Waals surface area contributed by atoms with Crippen molar-refractivity contribution >= 4 is 29.0 Å². The maximum atomic E-state index is 13.0. The van der Waals surface area contributed by atoms with E-state index in [9.17, 15) is 18.0 Å². The number of rotatable bonds is 5. The Morgan fingerprint density at radius 1 is 0.939 bits per heavy atom. The molecule has 0 radical (unpaired) electrons. The fourth-order valence-electron chi connectivity index (χ4n) is 3.37. The predicted molar refractivity (Wildman–Crippen MR) is 119 cm³/mol. The fraction of sp³-hybridized carbons (Fsp3) is 0.0870. The molecule has 0 aliphatic rings. The van der Waals surface area contributed by atoms with Gasteiger partial charge in [0, 0.05) is 30.5 Å². The smallest absolute Gasteiger partial charge is 0.326 e. The van der Waals surface area contributed by atoms with Gasteiger partial charge in [-0.3, -0.25) is 4.98 Å². The molecule has 2 amide bonds. The molecule has 2 aromatic heterocycles. The van der Waals surface area contributed by atoms with Crippen LogP contribution in [0.1, 0.15) is 22.7 Å². The molecule has 0 fully saturated rings. The minimum atomic E-state index is -4.55. The second-order valence-electron chi connectivity index (χ2n) is 7.09. The maximum Gasteiger partial charge on any atom is 0.416 e. The summed E-state index contributed by atoms with van der Waals surface area (Å²) in [6.07, 6.45) is 4.01. The molecule has 4 rings (SSSR count). The quantitative estimate of drug-likeness (QED) is 0.362. The van der Waals surface area contributed by atoms with Crippen molar-refractivity contribution < 1.29 is 18.0 Å². The summed E-state index contributed by atoms with van der Waals surface area (Å²) in [6.45, 7) is 0. The number of hydrogen-bond donors (Lipinski definition) is 2. The SMILES string of the molecule is O=C(Nc1cccc(C(c2ccncc2)n2ccnc2)c1)Nc1cc(C(F)(F)F)ccc1Cl. The molecule has 4 aromatic rings. The number of carbonyl (C=O) groups excluding carboxylic acids is 1. The number of aromatic nitrogens is 3. The first-order valence-corrected chi connectivity index (χ1v) is 10.1. The van der Waals surface area contributed by atoms with Crippen molar-refractivity contribution in [2.75, 3.05) is 10.6 Å². The van der Waals surface area contributed by atoms with Crippen LogP contribution in [0.5, 0.6) is 0 Å². The summed E-state index contributed by atoms with van der Waals surface area (Å²) in [5, 5.41) is 5.00. The molecule has 2 aromatic carbocycles. The van der Waals surface area contributed by atoms with Gasteiger partial charge in [-0.15, -0.1) is 0 Å². The van der Waals surface area contributed by atoms with Crippen molar-refractivity contribution in [3.63, 3.8) is 0 Å². The number of pyridine rings is 1. The molecule has 1 unspecified atom stereocenters. The summed E-state index contributed by atoms with van der Waals surface area (Å²) in [4.78, 5) is 20.7. The molecule has 0 saturated carbocycles. The van der Waals surface area contributed by atoms with Crippen LogP contribution in [0.4, 0.5) is 29.3 Å². The molecule has 0 aliphatic carbocycles. The second-order valence-corrected chi connectivity index (χ2v) is 7.50. The topological polar surface area (TPSA) is 71.8 Å². The number of nitrogens with zero attached hydrogens (tertiary/aromatic N) is 3. The number of alkyl halides is 3. The first kappa shape index (κ1) is 22.3. The van der Waals surface area contributed by atoms with Crippen LogP contribution >= 0.6 is 11.6 Å². The largest absolute Gasteiger partial charge is 0.416 e. The van der Waals surface area contributed by atoms with Crippen LogP contribution < -0.4 is 10.6 Å². The van der Waals surface area contributed by atoms with E-state index in [1.54, 1.807) is 43.1 Å². The Balaban J connectivity index is 1.57. The zero-order chi connectivity index (χ0) is 23.4. The highest BCUT2D eigenvalue weighted by molar-refractivity contribution is 6.33. The number of anilines is 2. The predicted octanol–water partition coefficient (Wildman–Crippen LogP) is 6.23. The average Bonchev–Trinajstić information content (AvgIpc) is 3.30. The Labute approximate surface area is 192 Å². The van der Waals surface area contributed by atoms with Crippen molar-refractivity contribution in [3.8, 4) is 0 Å². The van der Waals surface area contributed by atoms with Crippen LogP contribution in [-0.4, -0.2) is 20.6 Å². The normalized spacial score (nSPS) is 12.2. The molecule has 0 bridgehead atoms. The van der Waals surface area contributed by atoms with Gasteiger partial charge in [0.05, 0.1) is 28.6 Å². The van der Waals surface area contributed by atoms with E-state index in [0.717, 1.165) is 29.3 Å². The Bertz CT molecular complexity index is 1250. The summed E-state index contributed by atoms with van der Waals surface area (Å²) < 4.78 is 40.8. The number of imidazole rings is 1. The van der Waals surface area contributed by atoms with E-state index >= 15 is 0 Å². The van der Waals surface area contributed by atoms with Crippen LogP contribution in [0.15, 0.2) is 85.7 Å². The Kier molecular flexibility index (Phi) is 6.32. The number of amides is 2. The van der Waals surface area contributed by atoms with Crippen LogP contribution in [-0.2, 0) is 6.18 Å². The molecule has 1 atom stereocenters. The lowest BCUT2D eigenvalue weighted by Crippen LogP contribution is -2.20. The van der Waals surface area contributed by atoms with E-state index in [1.165, 1.54) is 0 Å². The highest BCUT2D eigenvalue weighted by Crippen LogP contribution is 2.34. The molecular formula is C23H17ClF3N5O. The minimum absolute atomic E-state index is 0.00948. The number of benzene rings is 2. The van der Waals surface area contributed by atoms with Gasteiger partial charge in [-0.25, -0.2) is 9.78 Å². The summed E-state index contributed by atoms with van der Waals surface area (Å²) in [5.74, 6) is 0. The van der Waals surface area contributed by atoms with Gasteiger partial charge in [-0.05, 0) is 53.6 Å². The van der Waals surface area contributed by atoms with Gasteiger partial charge in [-0.2, -0.15) is 13.2 Å². The minimum Gasteiger partial charge on any atom is -0.326 e. The van der Waals surface area contributed by atoms with Crippen LogP contribution in [0.2, 0.25) is 5.02 Å². The molecule has 2 heterocycles. The van der Waals surface area contributed by atoms with Gasteiger partial charge in [0.1, 0.15) is 0 Å². The second kappa shape index (κ2) is 9.33. The van der Waals surface area contributed by atoms with E-state index < -0.39 is 17.8 Å². The molecule has 10 heteroatoms. The van der Waals surface area contributed by atoms with E-state index in [-0.39, 0.29) is 16.8 Å². The summed E-state index contributed by atoms with van der Waals surface area (Å²) >= 11 is 5.96. The maximum absolute atomic E-state index is 13.0. The van der Waals surface area contributed by atoms with Crippen molar-refractivity contribution in [2.45, 2.75) is 12.2 Å². The van der Waals surface area contributed by atoms with Crippen LogP contribution in [0.25, 0.3) is 0 Å². The van der Waals surface area contributed by atoms with Gasteiger partial charge >= 0.3 is 12.2 Å². The standard InChI is InChI=1S/C23H17ClF3N5O/c24-19-5-4-17(23(25,26)27)13-20(19)31-22(33)30-18-3-1-2-16(12-18)21(32-11-10-29-14-32)15-6-8-28-9-7-15/h1-14,21H,(H2,30,31,33). The monoisotopic (exact) mass is 471 g/mol. The first-order chi connectivity index (χ1) is 15.8. The number of halogens is 4. The number of hydrogen-bond acceptors (Lipinski definition) is 3. The molecule has 0 saturated heterocycles. The van der Waals surface area contributed by atoms with Gasteiger partial charge in [0.25, 0.3) is 0 Å². The van der Waals surface area contributed by atoms with Gasteiger partial charge in [0.15, 0.2) is 0 Å². The lowest BCUT2D eigenvalue weighted by atomic mass is 9.99. The van der Waals surface area contributed by atoms with E-state index in [4.69, 9.17) is 11.6 Å². The fourth-order valence-corrected chi connectivity index (χ4v) is 3.54. The van der Waals surface area contributed by atoms with E-state index in [0.29, 0.717) is 5.69 Å². The Morgan fingerprint density at radius 3 is 2.42 bits per heavy atom. The molecule has 0 spiro atoms. The van der Waals surface area contributed by atoms with Crippen molar-refractivity contribution in [2.24, 2.45) is 0 Å². The van der Waals surface area contributed by atoms with Crippen molar-refractivity contribution in [3.05, 3.63) is 107 Å². The third-order valence-electron chi connectivity index (χ3n) is 4.85. The van der Waals surface area contributed by atoms with Crippen LogP contribution in [0, 0.1) is 0 Å². The lowest BCUT2D eigenvalue weighted by Gasteiger charge is -2.20. The van der Waals surface area contributed by atoms with Gasteiger partial charge in [0.2, 0.25) is 0 Å². The number of carbonyl (C=O) groups is 1. The van der Waals surface area contributed by atoms with Crippen molar-refractivity contribution in [1.82, 2.24) is 14.5 Å². The summed E-state index contributed by atoms with van der Waals surface area (Å²) in [5.41, 5.74) is 1.21. The summed E-state index contributed by atoms with van der Waals surface area (Å²) in [6, 6.07) is 12.7. The third-order valence-corrected chi connectivity index (χ3v) is 5.18. The zero-order valence-electron chi connectivity index (χ0n) is 16.9. The van der Waals surface area contributed by atoms with E-state index in [2.05, 4.69) is 20.6 Å². The molecule has 168 valence electrons. The molecule has 2 N–H and O–H groups in total. The average molecular weight is 472 g/mol. The molecule has 0 aliphatic heterocycles. The Morgan fingerprint density at radius 2 is 1.73 bits per heavy atom. The highest BCUT2D eigenvalue weighted by atomic mass is 35.5. The Hall–Kier alpha value is -3.85. The highest BCUT2D eigenvalue weighted by Gasteiger charge is 2.31. The number of nitrogens with one attached hydrogen (secondary N) is 2. The van der Waals surface area contributed by atoms with Gasteiger partial charge in [-0.1, -0.05) is 23.7 Å². The van der Waals surface area contributed by atoms with Crippen LogP contribution in [0.3, 0.4) is 0 Å². The van der Waals surface area contributed by atoms with Crippen molar-refractivity contribution in [1.29, 1.82) is 0 Å². The number of urea groups is 1. The first-order valence-electron chi connectivity index (χ1n) is 9.73. The van der Waals surface area contributed by atoms with E-state index in [1.807, 2.05) is 29.0 Å². The lowest BCUT2D eigenvalue weighted by molar-refractivity contribution is -0.137. The molecule has 33 heavy (non-hydrogen) atoms. The van der Waals surface area contributed by atoms with Gasteiger partial charge < -0.3 is 15.2 Å². The molecule has 6 nitrogen and oxygen atoms in total.